The highest BCUT2D eigenvalue weighted by Gasteiger charge is 2.16. The van der Waals surface area contributed by atoms with Crippen molar-refractivity contribution in [3.63, 3.8) is 0 Å². The van der Waals surface area contributed by atoms with E-state index in [4.69, 9.17) is 9.47 Å². The van der Waals surface area contributed by atoms with E-state index in [1.807, 2.05) is 6.07 Å². The summed E-state index contributed by atoms with van der Waals surface area (Å²) in [7, 11) is 0. The molecule has 2 heterocycles. The number of unbranched alkanes of at least 4 members (excludes halogenated alkanes) is 1. The van der Waals surface area contributed by atoms with Gasteiger partial charge in [0.15, 0.2) is 0 Å². The average Bonchev–Trinajstić information content (AvgIpc) is 2.98. The molecule has 0 amide bonds. The molecule has 1 aliphatic heterocycles. The van der Waals surface area contributed by atoms with Gasteiger partial charge in [0.25, 0.3) is 0 Å². The molecule has 2 rings (SSSR count). The third-order valence-electron chi connectivity index (χ3n) is 3.52. The number of nitrogens with one attached hydrogen (secondary N) is 1. The van der Waals surface area contributed by atoms with Crippen molar-refractivity contribution in [3.05, 3.63) is 11.9 Å². The van der Waals surface area contributed by atoms with Gasteiger partial charge >= 0.3 is 0 Å². The first-order valence-corrected chi connectivity index (χ1v) is 8.06. The number of ether oxygens (including phenoxy) is 2. The summed E-state index contributed by atoms with van der Waals surface area (Å²) in [6.45, 7) is 8.71. The van der Waals surface area contributed by atoms with Gasteiger partial charge in [0.05, 0.1) is 12.7 Å². The van der Waals surface area contributed by atoms with Crippen molar-refractivity contribution < 1.29 is 9.47 Å². The molecule has 1 unspecified atom stereocenters. The van der Waals surface area contributed by atoms with E-state index in [2.05, 4.69) is 36.1 Å². The number of hydrogen-bond donors (Lipinski definition) is 1. The van der Waals surface area contributed by atoms with Gasteiger partial charge in [0, 0.05) is 25.1 Å². The first-order chi connectivity index (χ1) is 10.2. The Morgan fingerprint density at radius 1 is 1.43 bits per heavy atom. The lowest BCUT2D eigenvalue weighted by atomic mass is 10.2. The number of anilines is 1. The summed E-state index contributed by atoms with van der Waals surface area (Å²) >= 11 is 0. The molecule has 0 spiro atoms. The Morgan fingerprint density at radius 3 is 2.95 bits per heavy atom. The van der Waals surface area contributed by atoms with E-state index in [9.17, 15) is 0 Å². The van der Waals surface area contributed by atoms with Crippen molar-refractivity contribution in [2.45, 2.75) is 58.5 Å². The molecule has 0 bridgehead atoms. The zero-order valence-electron chi connectivity index (χ0n) is 13.4. The normalized spacial score (nSPS) is 18.2. The fourth-order valence-corrected chi connectivity index (χ4v) is 2.21. The van der Waals surface area contributed by atoms with Crippen LogP contribution in [0.4, 0.5) is 5.82 Å². The van der Waals surface area contributed by atoms with Crippen LogP contribution in [0.15, 0.2) is 6.07 Å². The Kier molecular flexibility index (Phi) is 6.23. The Hall–Kier alpha value is -1.36. The lowest BCUT2D eigenvalue weighted by Crippen LogP contribution is -2.19. The molecule has 1 saturated heterocycles. The van der Waals surface area contributed by atoms with Crippen molar-refractivity contribution in [3.8, 4) is 5.88 Å². The number of nitrogens with zero attached hydrogens (tertiary/aromatic N) is 2. The van der Waals surface area contributed by atoms with E-state index >= 15 is 0 Å². The minimum atomic E-state index is 0.281. The van der Waals surface area contributed by atoms with Crippen LogP contribution in [0.2, 0.25) is 0 Å². The van der Waals surface area contributed by atoms with Gasteiger partial charge in [0.2, 0.25) is 5.88 Å². The number of hydrogen-bond acceptors (Lipinski definition) is 5. The maximum Gasteiger partial charge on any atom is 0.218 e. The van der Waals surface area contributed by atoms with Crippen LogP contribution in [-0.2, 0) is 4.74 Å². The highest BCUT2D eigenvalue weighted by atomic mass is 16.5. The topological polar surface area (TPSA) is 56.3 Å². The first-order valence-electron chi connectivity index (χ1n) is 8.06. The van der Waals surface area contributed by atoms with Crippen molar-refractivity contribution in [2.24, 2.45) is 0 Å². The predicted octanol–water partition coefficient (Wildman–Crippen LogP) is 3.37. The van der Waals surface area contributed by atoms with E-state index in [1.54, 1.807) is 0 Å². The fourth-order valence-electron chi connectivity index (χ4n) is 2.21. The van der Waals surface area contributed by atoms with E-state index in [1.165, 1.54) is 0 Å². The van der Waals surface area contributed by atoms with Crippen LogP contribution in [0.3, 0.4) is 0 Å². The molecule has 0 aromatic carbocycles. The van der Waals surface area contributed by atoms with Crippen LogP contribution in [0.1, 0.15) is 58.2 Å². The van der Waals surface area contributed by atoms with E-state index in [0.717, 1.165) is 50.5 Å². The van der Waals surface area contributed by atoms with Crippen LogP contribution in [-0.4, -0.2) is 35.8 Å². The van der Waals surface area contributed by atoms with Crippen LogP contribution < -0.4 is 10.1 Å². The van der Waals surface area contributed by atoms with Gasteiger partial charge < -0.3 is 14.8 Å². The van der Waals surface area contributed by atoms with Gasteiger partial charge in [-0.05, 0) is 19.3 Å². The van der Waals surface area contributed by atoms with E-state index in [0.29, 0.717) is 18.6 Å². The zero-order chi connectivity index (χ0) is 15.1. The zero-order valence-corrected chi connectivity index (χ0v) is 13.4. The fraction of sp³-hybridized carbons (Fsp3) is 0.750. The van der Waals surface area contributed by atoms with Crippen LogP contribution >= 0.6 is 0 Å². The van der Waals surface area contributed by atoms with Gasteiger partial charge in [0.1, 0.15) is 11.6 Å². The van der Waals surface area contributed by atoms with Gasteiger partial charge in [-0.25, -0.2) is 4.98 Å². The van der Waals surface area contributed by atoms with Crippen LogP contribution in [0.25, 0.3) is 0 Å². The van der Waals surface area contributed by atoms with Crippen molar-refractivity contribution in [1.29, 1.82) is 0 Å². The summed E-state index contributed by atoms with van der Waals surface area (Å²) in [5.41, 5.74) is 0. The van der Waals surface area contributed by atoms with Gasteiger partial charge in [-0.3, -0.25) is 0 Å². The second-order valence-electron chi connectivity index (χ2n) is 5.82. The standard InChI is InChI=1S/C16H27N3O2/c1-4-5-8-21-15-10-14(18-16(19-15)12(2)3)17-11-13-7-6-9-20-13/h10,12-13H,4-9,11H2,1-3H3,(H,17,18,19). The van der Waals surface area contributed by atoms with Crippen molar-refractivity contribution >= 4 is 5.82 Å². The molecule has 0 saturated carbocycles. The maximum absolute atomic E-state index is 5.73. The van der Waals surface area contributed by atoms with Gasteiger partial charge in [-0.2, -0.15) is 4.98 Å². The van der Waals surface area contributed by atoms with Gasteiger partial charge in [-0.15, -0.1) is 0 Å². The maximum atomic E-state index is 5.73. The smallest absolute Gasteiger partial charge is 0.218 e. The first kappa shape index (κ1) is 16.0. The SMILES string of the molecule is CCCCOc1cc(NCC2CCCO2)nc(C(C)C)n1. The molecule has 1 N–H and O–H groups in total. The second kappa shape index (κ2) is 8.17. The highest BCUT2D eigenvalue weighted by Crippen LogP contribution is 2.20. The monoisotopic (exact) mass is 293 g/mol. The number of rotatable bonds is 8. The molecule has 118 valence electrons. The van der Waals surface area contributed by atoms with Crippen molar-refractivity contribution in [1.82, 2.24) is 9.97 Å². The van der Waals surface area contributed by atoms with E-state index in [-0.39, 0.29) is 5.92 Å². The second-order valence-corrected chi connectivity index (χ2v) is 5.82. The molecule has 0 radical (unpaired) electrons. The lowest BCUT2D eigenvalue weighted by molar-refractivity contribution is 0.120. The largest absolute Gasteiger partial charge is 0.478 e. The summed E-state index contributed by atoms with van der Waals surface area (Å²) in [6, 6.07) is 1.89. The molecule has 1 fully saturated rings. The summed E-state index contributed by atoms with van der Waals surface area (Å²) in [6.07, 6.45) is 4.73. The third-order valence-corrected chi connectivity index (χ3v) is 3.52. The Bertz CT molecular complexity index is 432. The lowest BCUT2D eigenvalue weighted by Gasteiger charge is -2.14. The van der Waals surface area contributed by atoms with Gasteiger partial charge in [-0.1, -0.05) is 27.2 Å². The predicted molar refractivity (Wildman–Crippen MR) is 84.0 cm³/mol. The molecule has 21 heavy (non-hydrogen) atoms. The summed E-state index contributed by atoms with van der Waals surface area (Å²) < 4.78 is 11.4. The molecule has 5 heteroatoms. The molecular weight excluding hydrogens is 266 g/mol. The minimum absolute atomic E-state index is 0.281. The Morgan fingerprint density at radius 2 is 2.29 bits per heavy atom. The highest BCUT2D eigenvalue weighted by molar-refractivity contribution is 5.39. The quantitative estimate of drug-likeness (QED) is 0.745. The molecule has 1 aromatic heterocycles. The molecule has 5 nitrogen and oxygen atoms in total. The van der Waals surface area contributed by atoms with E-state index < -0.39 is 0 Å². The van der Waals surface area contributed by atoms with Crippen LogP contribution in [0, 0.1) is 0 Å². The summed E-state index contributed by atoms with van der Waals surface area (Å²) in [5, 5.41) is 3.36. The minimum Gasteiger partial charge on any atom is -0.478 e. The van der Waals surface area contributed by atoms with Crippen LogP contribution in [0.5, 0.6) is 5.88 Å². The molecule has 0 aliphatic carbocycles. The summed E-state index contributed by atoms with van der Waals surface area (Å²) in [4.78, 5) is 9.04. The molecule has 1 aliphatic rings. The molecular formula is C16H27N3O2. The average molecular weight is 293 g/mol. The third kappa shape index (κ3) is 5.16. The van der Waals surface area contributed by atoms with Crippen molar-refractivity contribution in [2.75, 3.05) is 25.1 Å². The molecule has 1 aromatic rings. The Balaban J connectivity index is 1.99. The summed E-state index contributed by atoms with van der Waals surface area (Å²) in [5.74, 6) is 2.59. The Labute approximate surface area is 127 Å². The molecule has 1 atom stereocenters. The number of aromatic nitrogens is 2.